The SMILES string of the molecule is CNCC1CCCCN1c1c(F)cc([N+](=O)[O-])cc1F. The fourth-order valence-electron chi connectivity index (χ4n) is 2.67. The molecular formula is C13H17F2N3O2. The molecule has 0 saturated carbocycles. The zero-order chi connectivity index (χ0) is 14.7. The molecular weight excluding hydrogens is 268 g/mol. The maximum Gasteiger partial charge on any atom is 0.275 e. The van der Waals surface area contributed by atoms with Crippen molar-refractivity contribution < 1.29 is 13.7 Å². The van der Waals surface area contributed by atoms with Gasteiger partial charge in [0.25, 0.3) is 5.69 Å². The number of nitrogens with one attached hydrogen (secondary N) is 1. The number of nitrogens with zero attached hydrogens (tertiary/aromatic N) is 2. The molecule has 7 heteroatoms. The summed E-state index contributed by atoms with van der Waals surface area (Å²) in [6.45, 7) is 1.17. The summed E-state index contributed by atoms with van der Waals surface area (Å²) in [5.74, 6) is -1.75. The number of hydrogen-bond donors (Lipinski definition) is 1. The lowest BCUT2D eigenvalue weighted by Crippen LogP contribution is -2.45. The molecule has 0 bridgehead atoms. The maximum atomic E-state index is 14.1. The molecule has 0 spiro atoms. The zero-order valence-corrected chi connectivity index (χ0v) is 11.2. The van der Waals surface area contributed by atoms with Crippen molar-refractivity contribution in [3.63, 3.8) is 0 Å². The van der Waals surface area contributed by atoms with Gasteiger partial charge in [-0.3, -0.25) is 10.1 Å². The van der Waals surface area contributed by atoms with Crippen LogP contribution in [-0.4, -0.2) is 31.1 Å². The first-order chi connectivity index (χ1) is 9.54. The minimum Gasteiger partial charge on any atom is -0.363 e. The molecule has 0 aromatic heterocycles. The van der Waals surface area contributed by atoms with Crippen LogP contribution in [0.4, 0.5) is 20.2 Å². The smallest absolute Gasteiger partial charge is 0.275 e. The van der Waals surface area contributed by atoms with Crippen LogP contribution in [0.3, 0.4) is 0 Å². The molecule has 1 aromatic carbocycles. The lowest BCUT2D eigenvalue weighted by atomic mass is 10.0. The van der Waals surface area contributed by atoms with E-state index in [-0.39, 0.29) is 11.7 Å². The molecule has 1 fully saturated rings. The minimum absolute atomic E-state index is 0.000735. The summed E-state index contributed by atoms with van der Waals surface area (Å²) in [7, 11) is 1.79. The largest absolute Gasteiger partial charge is 0.363 e. The van der Waals surface area contributed by atoms with E-state index in [9.17, 15) is 18.9 Å². The molecule has 0 aliphatic carbocycles. The fraction of sp³-hybridized carbons (Fsp3) is 0.538. The van der Waals surface area contributed by atoms with E-state index in [1.807, 2.05) is 0 Å². The Morgan fingerprint density at radius 1 is 1.40 bits per heavy atom. The molecule has 20 heavy (non-hydrogen) atoms. The molecule has 1 aliphatic rings. The number of anilines is 1. The standard InChI is InChI=1S/C13H17F2N3O2/c1-16-8-9-4-2-3-5-17(9)13-11(14)6-10(18(19)20)7-12(13)15/h6-7,9,16H,2-5,8H2,1H3. The Kier molecular flexibility index (Phi) is 4.49. The van der Waals surface area contributed by atoms with E-state index in [0.29, 0.717) is 13.1 Å². The van der Waals surface area contributed by atoms with E-state index in [1.165, 1.54) is 0 Å². The highest BCUT2D eigenvalue weighted by Crippen LogP contribution is 2.32. The van der Waals surface area contributed by atoms with Crippen molar-refractivity contribution in [1.29, 1.82) is 0 Å². The second kappa shape index (κ2) is 6.13. The van der Waals surface area contributed by atoms with Crippen LogP contribution in [0.1, 0.15) is 19.3 Å². The second-order valence-electron chi connectivity index (χ2n) is 4.92. The summed E-state index contributed by atoms with van der Waals surface area (Å²) in [5, 5.41) is 13.6. The molecule has 5 nitrogen and oxygen atoms in total. The van der Waals surface area contributed by atoms with Crippen molar-refractivity contribution >= 4 is 11.4 Å². The number of benzene rings is 1. The Morgan fingerprint density at radius 3 is 2.60 bits per heavy atom. The fourth-order valence-corrected chi connectivity index (χ4v) is 2.67. The summed E-state index contributed by atoms with van der Waals surface area (Å²) in [6, 6.07) is 1.56. The summed E-state index contributed by atoms with van der Waals surface area (Å²) in [4.78, 5) is 11.5. The quantitative estimate of drug-likeness (QED) is 0.682. The van der Waals surface area contributed by atoms with Gasteiger partial charge in [0.05, 0.1) is 17.1 Å². The van der Waals surface area contributed by atoms with Gasteiger partial charge in [0.1, 0.15) is 5.69 Å². The van der Waals surface area contributed by atoms with Gasteiger partial charge < -0.3 is 10.2 Å². The topological polar surface area (TPSA) is 58.4 Å². The summed E-state index contributed by atoms with van der Waals surface area (Å²) >= 11 is 0. The average molecular weight is 285 g/mol. The van der Waals surface area contributed by atoms with Crippen LogP contribution in [0.25, 0.3) is 0 Å². The first-order valence-corrected chi connectivity index (χ1v) is 6.59. The number of hydrogen-bond acceptors (Lipinski definition) is 4. The number of piperidine rings is 1. The molecule has 2 rings (SSSR count). The van der Waals surface area contributed by atoms with Crippen LogP contribution in [0.15, 0.2) is 12.1 Å². The van der Waals surface area contributed by atoms with Gasteiger partial charge in [-0.25, -0.2) is 8.78 Å². The summed E-state index contributed by atoms with van der Waals surface area (Å²) in [5.41, 5.74) is -0.721. The van der Waals surface area contributed by atoms with Gasteiger partial charge in [0.2, 0.25) is 0 Å². The third kappa shape index (κ3) is 2.87. The van der Waals surface area contributed by atoms with Gasteiger partial charge in [-0.2, -0.15) is 0 Å². The highest BCUT2D eigenvalue weighted by atomic mass is 19.1. The molecule has 110 valence electrons. The van der Waals surface area contributed by atoms with Crippen LogP contribution >= 0.6 is 0 Å². The highest BCUT2D eigenvalue weighted by Gasteiger charge is 2.28. The predicted octanol–water partition coefficient (Wildman–Crippen LogP) is 2.45. The number of halogens is 2. The van der Waals surface area contributed by atoms with E-state index in [2.05, 4.69) is 5.32 Å². The Bertz CT molecular complexity index is 485. The van der Waals surface area contributed by atoms with E-state index in [1.54, 1.807) is 11.9 Å². The molecule has 0 radical (unpaired) electrons. The van der Waals surface area contributed by atoms with Crippen LogP contribution in [0.2, 0.25) is 0 Å². The average Bonchev–Trinajstić information content (AvgIpc) is 2.40. The molecule has 1 atom stereocenters. The van der Waals surface area contributed by atoms with Gasteiger partial charge >= 0.3 is 0 Å². The van der Waals surface area contributed by atoms with Crippen LogP contribution in [-0.2, 0) is 0 Å². The van der Waals surface area contributed by atoms with E-state index in [0.717, 1.165) is 31.4 Å². The lowest BCUT2D eigenvalue weighted by molar-refractivity contribution is -0.385. The van der Waals surface area contributed by atoms with Gasteiger partial charge in [-0.1, -0.05) is 0 Å². The first-order valence-electron chi connectivity index (χ1n) is 6.59. The molecule has 0 amide bonds. The highest BCUT2D eigenvalue weighted by molar-refractivity contribution is 5.55. The number of rotatable bonds is 4. The molecule has 1 unspecified atom stereocenters. The Balaban J connectivity index is 2.37. The third-order valence-electron chi connectivity index (χ3n) is 3.57. The van der Waals surface area contributed by atoms with Crippen LogP contribution < -0.4 is 10.2 Å². The molecule has 1 aromatic rings. The summed E-state index contributed by atoms with van der Waals surface area (Å²) < 4.78 is 28.1. The maximum absolute atomic E-state index is 14.1. The number of likely N-dealkylation sites (N-methyl/N-ethyl adjacent to an activating group) is 1. The second-order valence-corrected chi connectivity index (χ2v) is 4.92. The Morgan fingerprint density at radius 2 is 2.05 bits per heavy atom. The monoisotopic (exact) mass is 285 g/mol. The van der Waals surface area contributed by atoms with Gasteiger partial charge in [-0.05, 0) is 26.3 Å². The first kappa shape index (κ1) is 14.6. The Labute approximate surface area is 115 Å². The molecule has 1 N–H and O–H groups in total. The van der Waals surface area contributed by atoms with Crippen molar-refractivity contribution in [3.05, 3.63) is 33.9 Å². The normalized spacial score (nSPS) is 19.1. The lowest BCUT2D eigenvalue weighted by Gasteiger charge is -2.37. The molecule has 1 heterocycles. The molecule has 1 saturated heterocycles. The van der Waals surface area contributed by atoms with E-state index >= 15 is 0 Å². The van der Waals surface area contributed by atoms with Crippen LogP contribution in [0, 0.1) is 21.7 Å². The number of nitro benzene ring substituents is 1. The third-order valence-corrected chi connectivity index (χ3v) is 3.57. The van der Waals surface area contributed by atoms with E-state index < -0.39 is 22.2 Å². The number of nitro groups is 1. The zero-order valence-electron chi connectivity index (χ0n) is 11.2. The molecule has 1 aliphatic heterocycles. The summed E-state index contributed by atoms with van der Waals surface area (Å²) in [6.07, 6.45) is 2.71. The van der Waals surface area contributed by atoms with Crippen molar-refractivity contribution in [1.82, 2.24) is 5.32 Å². The van der Waals surface area contributed by atoms with Crippen molar-refractivity contribution in [2.24, 2.45) is 0 Å². The van der Waals surface area contributed by atoms with Crippen molar-refractivity contribution in [2.45, 2.75) is 25.3 Å². The predicted molar refractivity (Wildman–Crippen MR) is 71.9 cm³/mol. The van der Waals surface area contributed by atoms with Crippen molar-refractivity contribution in [3.8, 4) is 0 Å². The van der Waals surface area contributed by atoms with Crippen LogP contribution in [0.5, 0.6) is 0 Å². The van der Waals surface area contributed by atoms with Gasteiger partial charge in [0.15, 0.2) is 11.6 Å². The Hall–Kier alpha value is -1.76. The van der Waals surface area contributed by atoms with Gasteiger partial charge in [-0.15, -0.1) is 0 Å². The van der Waals surface area contributed by atoms with Gasteiger partial charge in [0, 0.05) is 19.1 Å². The van der Waals surface area contributed by atoms with Crippen molar-refractivity contribution in [2.75, 3.05) is 25.0 Å². The minimum atomic E-state index is -0.875. The number of non-ortho nitro benzene ring substituents is 1. The van der Waals surface area contributed by atoms with E-state index in [4.69, 9.17) is 0 Å².